The zero-order valence-corrected chi connectivity index (χ0v) is 16.4. The van der Waals surface area contributed by atoms with Crippen molar-refractivity contribution < 1.29 is 24.0 Å². The molecular formula is C19H20N2O6S. The van der Waals surface area contributed by atoms with Crippen LogP contribution < -0.4 is 10.1 Å². The normalized spacial score (nSPS) is 12.5. The molecule has 0 aromatic heterocycles. The van der Waals surface area contributed by atoms with Gasteiger partial charge in [0.15, 0.2) is 6.10 Å². The Balaban J connectivity index is 1.97. The number of nitrogens with zero attached hydrogens (tertiary/aromatic N) is 1. The third-order valence-electron chi connectivity index (χ3n) is 3.70. The van der Waals surface area contributed by atoms with Crippen molar-refractivity contribution in [3.05, 3.63) is 58.6 Å². The van der Waals surface area contributed by atoms with Crippen LogP contribution in [0.25, 0.3) is 0 Å². The molecule has 28 heavy (non-hydrogen) atoms. The highest BCUT2D eigenvalue weighted by atomic mass is 32.2. The first-order valence-electron chi connectivity index (χ1n) is 8.37. The minimum atomic E-state index is -1.05. The van der Waals surface area contributed by atoms with E-state index in [1.54, 1.807) is 6.92 Å². The van der Waals surface area contributed by atoms with Crippen molar-refractivity contribution in [2.45, 2.75) is 30.1 Å². The molecule has 0 aliphatic heterocycles. The Kier molecular flexibility index (Phi) is 7.39. The van der Waals surface area contributed by atoms with Gasteiger partial charge in [0, 0.05) is 11.0 Å². The number of non-ortho nitro benzene ring substituents is 1. The van der Waals surface area contributed by atoms with Gasteiger partial charge < -0.3 is 14.8 Å². The maximum Gasteiger partial charge on any atom is 0.319 e. The van der Waals surface area contributed by atoms with E-state index in [4.69, 9.17) is 9.47 Å². The van der Waals surface area contributed by atoms with Gasteiger partial charge in [0.1, 0.15) is 11.0 Å². The van der Waals surface area contributed by atoms with Gasteiger partial charge in [-0.3, -0.25) is 19.7 Å². The number of hydrogen-bond acceptors (Lipinski definition) is 7. The third-order valence-corrected chi connectivity index (χ3v) is 4.79. The maximum absolute atomic E-state index is 12.3. The Morgan fingerprint density at radius 2 is 1.82 bits per heavy atom. The highest BCUT2D eigenvalue weighted by Gasteiger charge is 2.24. The molecule has 2 aromatic rings. The van der Waals surface area contributed by atoms with Gasteiger partial charge in [-0.2, -0.15) is 0 Å². The second-order valence-electron chi connectivity index (χ2n) is 5.78. The fourth-order valence-electron chi connectivity index (χ4n) is 2.21. The van der Waals surface area contributed by atoms with E-state index >= 15 is 0 Å². The first-order chi connectivity index (χ1) is 13.3. The lowest BCUT2D eigenvalue weighted by atomic mass is 10.2. The Morgan fingerprint density at radius 3 is 2.43 bits per heavy atom. The van der Waals surface area contributed by atoms with Crippen LogP contribution in [0.15, 0.2) is 53.4 Å². The number of benzene rings is 2. The number of hydrogen-bond donors (Lipinski definition) is 1. The Hall–Kier alpha value is -3.07. The fourth-order valence-corrected chi connectivity index (χ4v) is 3.08. The molecule has 0 spiro atoms. The van der Waals surface area contributed by atoms with Gasteiger partial charge in [-0.1, -0.05) is 18.2 Å². The summed E-state index contributed by atoms with van der Waals surface area (Å²) in [7, 11) is 1.33. The molecule has 0 unspecified atom stereocenters. The monoisotopic (exact) mass is 404 g/mol. The number of thioether (sulfide) groups is 1. The SMILES string of the molecule is COc1cc([N+](=O)[O-])ccc1NC(=O)[C@@H](C)OC(=O)[C@@H](C)Sc1ccccc1. The lowest BCUT2D eigenvalue weighted by Crippen LogP contribution is -2.32. The molecule has 8 nitrogen and oxygen atoms in total. The van der Waals surface area contributed by atoms with Gasteiger partial charge in [0.25, 0.3) is 11.6 Å². The van der Waals surface area contributed by atoms with E-state index in [9.17, 15) is 19.7 Å². The summed E-state index contributed by atoms with van der Waals surface area (Å²) >= 11 is 1.33. The Labute approximate surface area is 166 Å². The summed E-state index contributed by atoms with van der Waals surface area (Å²) in [5.41, 5.74) is 0.0776. The molecule has 1 amide bonds. The average molecular weight is 404 g/mol. The molecule has 0 aliphatic rings. The van der Waals surface area contributed by atoms with Crippen LogP contribution in [0.1, 0.15) is 13.8 Å². The summed E-state index contributed by atoms with van der Waals surface area (Å²) < 4.78 is 10.3. The summed E-state index contributed by atoms with van der Waals surface area (Å²) in [6, 6.07) is 13.2. The Bertz CT molecular complexity index is 859. The number of anilines is 1. The number of rotatable bonds is 8. The summed E-state index contributed by atoms with van der Waals surface area (Å²) in [6.45, 7) is 3.15. The van der Waals surface area contributed by atoms with Crippen LogP contribution >= 0.6 is 11.8 Å². The van der Waals surface area contributed by atoms with E-state index in [1.807, 2.05) is 30.3 Å². The van der Waals surface area contributed by atoms with Crippen molar-refractivity contribution in [1.29, 1.82) is 0 Å². The number of ether oxygens (including phenoxy) is 2. The van der Waals surface area contributed by atoms with Crippen LogP contribution in [0.5, 0.6) is 5.75 Å². The smallest absolute Gasteiger partial charge is 0.319 e. The predicted octanol–water partition coefficient (Wildman–Crippen LogP) is 3.65. The molecule has 0 fully saturated rings. The minimum absolute atomic E-state index is 0.133. The number of nitrogens with one attached hydrogen (secondary N) is 1. The Morgan fingerprint density at radius 1 is 1.14 bits per heavy atom. The van der Waals surface area contributed by atoms with E-state index in [1.165, 1.54) is 44.0 Å². The van der Waals surface area contributed by atoms with Crippen molar-refractivity contribution in [3.63, 3.8) is 0 Å². The molecule has 2 aromatic carbocycles. The summed E-state index contributed by atoms with van der Waals surface area (Å²) in [6.07, 6.45) is -1.05. The summed E-state index contributed by atoms with van der Waals surface area (Å²) in [4.78, 5) is 35.7. The number of carbonyl (C=O) groups is 2. The molecular weight excluding hydrogens is 384 g/mol. The van der Waals surface area contributed by atoms with E-state index in [0.29, 0.717) is 0 Å². The number of methoxy groups -OCH3 is 1. The van der Waals surface area contributed by atoms with Gasteiger partial charge in [-0.15, -0.1) is 11.8 Å². The first-order valence-corrected chi connectivity index (χ1v) is 9.25. The molecule has 9 heteroatoms. The number of nitro benzene ring substituents is 1. The van der Waals surface area contributed by atoms with Crippen LogP contribution in [0.2, 0.25) is 0 Å². The largest absolute Gasteiger partial charge is 0.494 e. The topological polar surface area (TPSA) is 108 Å². The molecule has 0 heterocycles. The van der Waals surface area contributed by atoms with E-state index in [0.717, 1.165) is 4.90 Å². The van der Waals surface area contributed by atoms with Crippen molar-refractivity contribution >= 4 is 35.0 Å². The fraction of sp³-hybridized carbons (Fsp3) is 0.263. The lowest BCUT2D eigenvalue weighted by molar-refractivity contribution is -0.384. The summed E-state index contributed by atoms with van der Waals surface area (Å²) in [5.74, 6) is -0.960. The highest BCUT2D eigenvalue weighted by Crippen LogP contribution is 2.29. The molecule has 0 bridgehead atoms. The molecule has 0 saturated heterocycles. The van der Waals surface area contributed by atoms with E-state index in [-0.39, 0.29) is 17.1 Å². The number of carbonyl (C=O) groups excluding carboxylic acids is 2. The van der Waals surface area contributed by atoms with Crippen LogP contribution in [0, 0.1) is 10.1 Å². The standard InChI is InChI=1S/C19H20N2O6S/c1-12(27-19(23)13(2)28-15-7-5-4-6-8-15)18(22)20-16-10-9-14(21(24)25)11-17(16)26-3/h4-13H,1-3H3,(H,20,22)/t12-,13-/m1/s1. The minimum Gasteiger partial charge on any atom is -0.494 e. The second kappa shape index (κ2) is 9.75. The zero-order chi connectivity index (χ0) is 20.7. The highest BCUT2D eigenvalue weighted by molar-refractivity contribution is 8.00. The molecule has 0 aliphatic carbocycles. The van der Waals surface area contributed by atoms with E-state index < -0.39 is 28.2 Å². The van der Waals surface area contributed by atoms with Crippen molar-refractivity contribution in [1.82, 2.24) is 0 Å². The predicted molar refractivity (Wildman–Crippen MR) is 106 cm³/mol. The van der Waals surface area contributed by atoms with Crippen molar-refractivity contribution in [2.24, 2.45) is 0 Å². The second-order valence-corrected chi connectivity index (χ2v) is 7.20. The van der Waals surface area contributed by atoms with Gasteiger partial charge in [0.05, 0.1) is 23.8 Å². The molecule has 148 valence electrons. The van der Waals surface area contributed by atoms with E-state index in [2.05, 4.69) is 5.32 Å². The van der Waals surface area contributed by atoms with Crippen LogP contribution in [-0.2, 0) is 14.3 Å². The zero-order valence-electron chi connectivity index (χ0n) is 15.6. The lowest BCUT2D eigenvalue weighted by Gasteiger charge is -2.17. The molecule has 0 radical (unpaired) electrons. The summed E-state index contributed by atoms with van der Waals surface area (Å²) in [5, 5.41) is 12.9. The van der Waals surface area contributed by atoms with Crippen LogP contribution in [0.4, 0.5) is 11.4 Å². The molecule has 2 rings (SSSR count). The van der Waals surface area contributed by atoms with Gasteiger partial charge in [-0.05, 0) is 32.0 Å². The van der Waals surface area contributed by atoms with Crippen LogP contribution in [-0.4, -0.2) is 35.3 Å². The van der Waals surface area contributed by atoms with Crippen LogP contribution in [0.3, 0.4) is 0 Å². The first kappa shape index (κ1) is 21.2. The van der Waals surface area contributed by atoms with Gasteiger partial charge in [0.2, 0.25) is 0 Å². The average Bonchev–Trinajstić information content (AvgIpc) is 2.68. The third kappa shape index (κ3) is 5.71. The molecule has 1 N–H and O–H groups in total. The molecule has 0 saturated carbocycles. The van der Waals surface area contributed by atoms with Gasteiger partial charge in [-0.25, -0.2) is 0 Å². The maximum atomic E-state index is 12.3. The number of esters is 1. The van der Waals surface area contributed by atoms with Crippen molar-refractivity contribution in [2.75, 3.05) is 12.4 Å². The van der Waals surface area contributed by atoms with Gasteiger partial charge >= 0.3 is 5.97 Å². The molecule has 2 atom stereocenters. The number of nitro groups is 1. The quantitative estimate of drug-likeness (QED) is 0.310. The van der Waals surface area contributed by atoms with Crippen molar-refractivity contribution in [3.8, 4) is 5.75 Å². The number of amides is 1.